The molecule has 106 valence electrons. The Morgan fingerprint density at radius 2 is 2.05 bits per heavy atom. The summed E-state index contributed by atoms with van der Waals surface area (Å²) in [6.45, 7) is 5.56. The fourth-order valence-electron chi connectivity index (χ4n) is 2.12. The van der Waals surface area contributed by atoms with Crippen LogP contribution >= 0.6 is 0 Å². The number of aryl methyl sites for hydroxylation is 2. The quantitative estimate of drug-likeness (QED) is 0.846. The summed E-state index contributed by atoms with van der Waals surface area (Å²) in [6.07, 6.45) is 0. The smallest absolute Gasteiger partial charge is 0.251 e. The molecule has 1 aromatic heterocycles. The lowest BCUT2D eigenvalue weighted by Gasteiger charge is -2.13. The summed E-state index contributed by atoms with van der Waals surface area (Å²) in [7, 11) is 0. The van der Waals surface area contributed by atoms with Gasteiger partial charge in [-0.3, -0.25) is 4.79 Å². The highest BCUT2D eigenvalue weighted by Gasteiger charge is 2.16. The summed E-state index contributed by atoms with van der Waals surface area (Å²) in [5.41, 5.74) is 6.67. The molecular weight excluding hydrogens is 259 g/mol. The van der Waals surface area contributed by atoms with Crippen molar-refractivity contribution in [1.82, 2.24) is 5.32 Å². The van der Waals surface area contributed by atoms with Crippen molar-refractivity contribution < 1.29 is 13.6 Å². The van der Waals surface area contributed by atoms with Crippen molar-refractivity contribution >= 4 is 11.6 Å². The Hall–Kier alpha value is -2.30. The Kier molecular flexibility index (Phi) is 3.79. The van der Waals surface area contributed by atoms with E-state index in [9.17, 15) is 9.18 Å². The van der Waals surface area contributed by atoms with Crippen LogP contribution in [0.1, 0.15) is 40.4 Å². The molecule has 0 aliphatic rings. The third-order valence-corrected chi connectivity index (χ3v) is 3.15. The van der Waals surface area contributed by atoms with E-state index in [2.05, 4.69) is 5.32 Å². The second kappa shape index (κ2) is 5.36. The maximum absolute atomic E-state index is 13.1. The number of amides is 1. The molecule has 0 fully saturated rings. The number of rotatable bonds is 3. The summed E-state index contributed by atoms with van der Waals surface area (Å²) in [6, 6.07) is 5.60. The van der Waals surface area contributed by atoms with Crippen LogP contribution < -0.4 is 11.1 Å². The van der Waals surface area contributed by atoms with Gasteiger partial charge in [-0.2, -0.15) is 0 Å². The van der Waals surface area contributed by atoms with E-state index < -0.39 is 5.82 Å². The lowest BCUT2D eigenvalue weighted by molar-refractivity contribution is 0.0939. The zero-order valence-electron chi connectivity index (χ0n) is 11.7. The molecular formula is C15H17FN2O2. The van der Waals surface area contributed by atoms with Crippen molar-refractivity contribution in [1.29, 1.82) is 0 Å². The van der Waals surface area contributed by atoms with E-state index in [4.69, 9.17) is 10.2 Å². The molecule has 1 amide bonds. The molecule has 2 aromatic rings. The molecule has 2 rings (SSSR count). The molecule has 1 atom stereocenters. The SMILES string of the molecule is Cc1cc(C(C)NC(=O)c2ccc(F)c(N)c2)c(C)o1. The van der Waals surface area contributed by atoms with E-state index in [0.717, 1.165) is 17.1 Å². The number of benzene rings is 1. The summed E-state index contributed by atoms with van der Waals surface area (Å²) in [4.78, 5) is 12.1. The largest absolute Gasteiger partial charge is 0.466 e. The van der Waals surface area contributed by atoms with Crippen LogP contribution in [0.5, 0.6) is 0 Å². The minimum atomic E-state index is -0.532. The Morgan fingerprint density at radius 3 is 2.60 bits per heavy atom. The Morgan fingerprint density at radius 1 is 1.35 bits per heavy atom. The lowest BCUT2D eigenvalue weighted by Crippen LogP contribution is -2.26. The Labute approximate surface area is 116 Å². The molecule has 0 bridgehead atoms. The number of nitrogens with two attached hydrogens (primary N) is 1. The number of furan rings is 1. The number of hydrogen-bond acceptors (Lipinski definition) is 3. The second-order valence-corrected chi connectivity index (χ2v) is 4.80. The van der Waals surface area contributed by atoms with Crippen LogP contribution in [0.25, 0.3) is 0 Å². The van der Waals surface area contributed by atoms with Gasteiger partial charge in [0.25, 0.3) is 5.91 Å². The van der Waals surface area contributed by atoms with Gasteiger partial charge < -0.3 is 15.5 Å². The minimum absolute atomic E-state index is 0.0411. The van der Waals surface area contributed by atoms with Crippen molar-refractivity contribution in [2.75, 3.05) is 5.73 Å². The van der Waals surface area contributed by atoms with E-state index in [1.165, 1.54) is 18.2 Å². The normalized spacial score (nSPS) is 12.2. The van der Waals surface area contributed by atoms with Gasteiger partial charge in [-0.25, -0.2) is 4.39 Å². The van der Waals surface area contributed by atoms with Crippen molar-refractivity contribution in [3.8, 4) is 0 Å². The van der Waals surface area contributed by atoms with Gasteiger partial charge in [0, 0.05) is 11.1 Å². The number of nitrogen functional groups attached to an aromatic ring is 1. The van der Waals surface area contributed by atoms with E-state index in [1.807, 2.05) is 26.8 Å². The molecule has 0 saturated carbocycles. The first-order chi connectivity index (χ1) is 9.38. The fraction of sp³-hybridized carbons (Fsp3) is 0.267. The highest BCUT2D eigenvalue weighted by Crippen LogP contribution is 2.22. The maximum atomic E-state index is 13.1. The highest BCUT2D eigenvalue weighted by atomic mass is 19.1. The second-order valence-electron chi connectivity index (χ2n) is 4.80. The zero-order chi connectivity index (χ0) is 14.9. The molecule has 1 aromatic carbocycles. The molecule has 0 spiro atoms. The lowest BCUT2D eigenvalue weighted by atomic mass is 10.1. The zero-order valence-corrected chi connectivity index (χ0v) is 11.7. The molecule has 3 N–H and O–H groups in total. The Balaban J connectivity index is 2.15. The van der Waals surface area contributed by atoms with Crippen LogP contribution in [-0.2, 0) is 0 Å². The van der Waals surface area contributed by atoms with Crippen LogP contribution in [-0.4, -0.2) is 5.91 Å². The Bertz CT molecular complexity index is 649. The predicted octanol–water partition coefficient (Wildman–Crippen LogP) is 3.11. The van der Waals surface area contributed by atoms with Crippen LogP contribution in [0.2, 0.25) is 0 Å². The van der Waals surface area contributed by atoms with Crippen molar-refractivity contribution in [2.45, 2.75) is 26.8 Å². The molecule has 1 heterocycles. The predicted molar refractivity (Wildman–Crippen MR) is 74.9 cm³/mol. The molecule has 0 aliphatic heterocycles. The van der Waals surface area contributed by atoms with E-state index in [0.29, 0.717) is 5.56 Å². The third-order valence-electron chi connectivity index (χ3n) is 3.15. The van der Waals surface area contributed by atoms with Gasteiger partial charge >= 0.3 is 0 Å². The van der Waals surface area contributed by atoms with Crippen LogP contribution in [0.15, 0.2) is 28.7 Å². The molecule has 1 unspecified atom stereocenters. The highest BCUT2D eigenvalue weighted by molar-refractivity contribution is 5.95. The fourth-order valence-corrected chi connectivity index (χ4v) is 2.12. The molecule has 5 heteroatoms. The van der Waals surface area contributed by atoms with Gasteiger partial charge in [-0.1, -0.05) is 0 Å². The van der Waals surface area contributed by atoms with Gasteiger partial charge in [0.05, 0.1) is 11.7 Å². The topological polar surface area (TPSA) is 68.3 Å². The number of carbonyl (C=O) groups is 1. The standard InChI is InChI=1S/C15H17FN2O2/c1-8-6-12(10(3)20-8)9(2)18-15(19)11-4-5-13(16)14(17)7-11/h4-7,9H,17H2,1-3H3,(H,18,19). The summed E-state index contributed by atoms with van der Waals surface area (Å²) >= 11 is 0. The number of anilines is 1. The van der Waals surface area contributed by atoms with Gasteiger partial charge in [-0.05, 0) is 45.0 Å². The van der Waals surface area contributed by atoms with Crippen LogP contribution in [0, 0.1) is 19.7 Å². The van der Waals surface area contributed by atoms with Crippen LogP contribution in [0.3, 0.4) is 0 Å². The average molecular weight is 276 g/mol. The first-order valence-electron chi connectivity index (χ1n) is 6.31. The molecule has 4 nitrogen and oxygen atoms in total. The van der Waals surface area contributed by atoms with E-state index in [-0.39, 0.29) is 17.6 Å². The van der Waals surface area contributed by atoms with Gasteiger partial charge in [-0.15, -0.1) is 0 Å². The number of carbonyl (C=O) groups excluding carboxylic acids is 1. The summed E-state index contributed by atoms with van der Waals surface area (Å²) in [5, 5.41) is 2.84. The first-order valence-corrected chi connectivity index (χ1v) is 6.31. The molecule has 20 heavy (non-hydrogen) atoms. The van der Waals surface area contributed by atoms with E-state index in [1.54, 1.807) is 0 Å². The van der Waals surface area contributed by atoms with Gasteiger partial charge in [0.1, 0.15) is 17.3 Å². The number of nitrogens with one attached hydrogen (secondary N) is 1. The van der Waals surface area contributed by atoms with Crippen LogP contribution in [0.4, 0.5) is 10.1 Å². The summed E-state index contributed by atoms with van der Waals surface area (Å²) in [5.74, 6) is 0.733. The van der Waals surface area contributed by atoms with Crippen molar-refractivity contribution in [2.24, 2.45) is 0 Å². The van der Waals surface area contributed by atoms with Crippen molar-refractivity contribution in [3.05, 3.63) is 52.7 Å². The molecule has 0 saturated heterocycles. The number of halogens is 1. The van der Waals surface area contributed by atoms with E-state index >= 15 is 0 Å². The monoisotopic (exact) mass is 276 g/mol. The maximum Gasteiger partial charge on any atom is 0.251 e. The molecule has 0 aliphatic carbocycles. The average Bonchev–Trinajstić information content (AvgIpc) is 2.71. The van der Waals surface area contributed by atoms with Gasteiger partial charge in [0.15, 0.2) is 0 Å². The third kappa shape index (κ3) is 2.82. The summed E-state index contributed by atoms with van der Waals surface area (Å²) < 4.78 is 18.5. The first kappa shape index (κ1) is 14.1. The number of hydrogen-bond donors (Lipinski definition) is 2. The minimum Gasteiger partial charge on any atom is -0.466 e. The van der Waals surface area contributed by atoms with Crippen molar-refractivity contribution in [3.63, 3.8) is 0 Å². The molecule has 0 radical (unpaired) electrons. The van der Waals surface area contributed by atoms with Gasteiger partial charge in [0.2, 0.25) is 0 Å².